The number of hydrogen-bond donors (Lipinski definition) is 1. The monoisotopic (exact) mass is 230 g/mol. The molecule has 0 atom stereocenters. The van der Waals surface area contributed by atoms with Gasteiger partial charge < -0.3 is 9.05 Å². The van der Waals surface area contributed by atoms with Gasteiger partial charge in [-0.2, -0.15) is 0 Å². The van der Waals surface area contributed by atoms with Crippen LogP contribution in [0, 0.1) is 5.41 Å². The van der Waals surface area contributed by atoms with Gasteiger partial charge in [0.05, 0.1) is 13.2 Å². The first-order valence-electron chi connectivity index (χ1n) is 3.20. The number of rotatable bonds is 1. The molecule has 0 aromatic rings. The number of hydrogen-bond acceptors (Lipinski definition) is 5. The molecule has 0 saturated carbocycles. The maximum Gasteiger partial charge on any atom is 0.257 e. The lowest BCUT2D eigenvalue weighted by Crippen LogP contribution is -2.28. The Morgan fingerprint density at radius 1 is 1.45 bits per heavy atom. The molecule has 2 nitrogen and oxygen atoms in total. The first kappa shape index (κ1) is 10.4. The van der Waals surface area contributed by atoms with Crippen molar-refractivity contribution in [3.05, 3.63) is 0 Å². The summed E-state index contributed by atoms with van der Waals surface area (Å²) in [5.41, 5.74) is -1.96. The van der Waals surface area contributed by atoms with Crippen LogP contribution in [0.2, 0.25) is 0 Å². The fourth-order valence-electron chi connectivity index (χ4n) is 0.634. The van der Waals surface area contributed by atoms with E-state index in [-0.39, 0.29) is 5.41 Å². The molecule has 0 aliphatic carbocycles. The summed E-state index contributed by atoms with van der Waals surface area (Å²) in [7, 11) is 1.22. The molecule has 0 N–H and O–H groups in total. The normalized spacial score (nSPS) is 28.3. The van der Waals surface area contributed by atoms with Crippen LogP contribution in [-0.2, 0) is 20.9 Å². The first-order chi connectivity index (χ1) is 4.97. The molecule has 1 rings (SSSR count). The van der Waals surface area contributed by atoms with Crippen LogP contribution in [0.4, 0.5) is 0 Å². The zero-order chi connectivity index (χ0) is 8.54. The van der Waals surface area contributed by atoms with Gasteiger partial charge in [0.25, 0.3) is 5.69 Å². The average molecular weight is 230 g/mol. The summed E-state index contributed by atoms with van der Waals surface area (Å²) in [6.45, 7) is 5.54. The van der Waals surface area contributed by atoms with Gasteiger partial charge in [-0.1, -0.05) is 13.8 Å². The fraction of sp³-hybridized carbons (Fsp3) is 1.00. The zero-order valence-electron chi connectivity index (χ0n) is 6.44. The summed E-state index contributed by atoms with van der Waals surface area (Å²) in [5.74, 6) is 0. The van der Waals surface area contributed by atoms with E-state index in [1.165, 1.54) is 10.4 Å². The Bertz CT molecular complexity index is 180. The van der Waals surface area contributed by atoms with Crippen molar-refractivity contribution >= 4 is 39.6 Å². The van der Waals surface area contributed by atoms with Crippen molar-refractivity contribution in [2.45, 2.75) is 13.8 Å². The molecule has 0 spiro atoms. The predicted molar refractivity (Wildman–Crippen MR) is 56.5 cm³/mol. The van der Waals surface area contributed by atoms with Crippen molar-refractivity contribution in [2.24, 2.45) is 5.41 Å². The maximum atomic E-state index is 5.42. The van der Waals surface area contributed by atoms with Gasteiger partial charge in [0.1, 0.15) is 0 Å². The summed E-state index contributed by atoms with van der Waals surface area (Å²) < 4.78 is 10.8. The van der Waals surface area contributed by atoms with Crippen LogP contribution >= 0.6 is 27.8 Å². The van der Waals surface area contributed by atoms with E-state index in [9.17, 15) is 0 Å². The SMILES string of the molecule is CC1(C)COP(=S)(SS)OC1. The van der Waals surface area contributed by atoms with Crippen LogP contribution in [0.15, 0.2) is 0 Å². The molecular weight excluding hydrogens is 219 g/mol. The van der Waals surface area contributed by atoms with E-state index in [4.69, 9.17) is 20.9 Å². The summed E-state index contributed by atoms with van der Waals surface area (Å²) in [4.78, 5) is 0. The Hall–Kier alpha value is 1.27. The second kappa shape index (κ2) is 3.56. The lowest BCUT2D eigenvalue weighted by Gasteiger charge is -2.34. The van der Waals surface area contributed by atoms with Gasteiger partial charge in [-0.15, -0.1) is 11.7 Å². The highest BCUT2D eigenvalue weighted by atomic mass is 33.4. The van der Waals surface area contributed by atoms with Crippen LogP contribution in [-0.4, -0.2) is 13.2 Å². The van der Waals surface area contributed by atoms with Crippen LogP contribution in [0.5, 0.6) is 0 Å². The van der Waals surface area contributed by atoms with Crippen LogP contribution < -0.4 is 0 Å². The molecule has 0 radical (unpaired) electrons. The number of thiol groups is 1. The molecule has 11 heavy (non-hydrogen) atoms. The highest BCUT2D eigenvalue weighted by Crippen LogP contribution is 2.65. The molecule has 1 saturated heterocycles. The summed E-state index contributed by atoms with van der Waals surface area (Å²) >= 11 is 9.13. The molecule has 0 unspecified atom stereocenters. The van der Waals surface area contributed by atoms with Gasteiger partial charge in [0.15, 0.2) is 0 Å². The Labute approximate surface area is 81.1 Å². The van der Waals surface area contributed by atoms with Crippen LogP contribution in [0.1, 0.15) is 13.8 Å². The van der Waals surface area contributed by atoms with E-state index in [2.05, 4.69) is 25.5 Å². The molecule has 6 heteroatoms. The van der Waals surface area contributed by atoms with Crippen molar-refractivity contribution in [1.29, 1.82) is 0 Å². The highest BCUT2D eigenvalue weighted by molar-refractivity contribution is 8.98. The second-order valence-electron chi connectivity index (χ2n) is 3.24. The molecule has 0 bridgehead atoms. The summed E-state index contributed by atoms with van der Waals surface area (Å²) in [6.07, 6.45) is 0. The van der Waals surface area contributed by atoms with Crippen molar-refractivity contribution in [1.82, 2.24) is 0 Å². The molecular formula is C5H11O2PS3. The van der Waals surface area contributed by atoms with Gasteiger partial charge in [0, 0.05) is 5.41 Å². The third kappa shape index (κ3) is 2.90. The molecule has 1 fully saturated rings. The minimum atomic E-state index is -2.06. The largest absolute Gasteiger partial charge is 0.320 e. The quantitative estimate of drug-likeness (QED) is 0.424. The third-order valence-corrected chi connectivity index (χ3v) is 7.88. The van der Waals surface area contributed by atoms with Gasteiger partial charge in [-0.25, -0.2) is 0 Å². The molecule has 1 aliphatic heterocycles. The second-order valence-corrected chi connectivity index (χ2v) is 10.4. The standard InChI is InChI=1S/C5H11O2PS3/c1-5(2)3-6-8(9,11-10)7-4-5/h10H,3-4H2,1-2H3. The van der Waals surface area contributed by atoms with E-state index >= 15 is 0 Å². The minimum Gasteiger partial charge on any atom is -0.320 e. The molecule has 66 valence electrons. The molecule has 0 amide bonds. The Morgan fingerprint density at radius 2 is 1.91 bits per heavy atom. The van der Waals surface area contributed by atoms with E-state index in [1.807, 2.05) is 0 Å². The van der Waals surface area contributed by atoms with E-state index < -0.39 is 5.69 Å². The van der Waals surface area contributed by atoms with Gasteiger partial charge >= 0.3 is 0 Å². The van der Waals surface area contributed by atoms with E-state index in [0.29, 0.717) is 13.2 Å². The lowest BCUT2D eigenvalue weighted by molar-refractivity contribution is 0.0673. The van der Waals surface area contributed by atoms with Crippen LogP contribution in [0.25, 0.3) is 0 Å². The highest BCUT2D eigenvalue weighted by Gasteiger charge is 2.32. The summed E-state index contributed by atoms with van der Waals surface area (Å²) in [6, 6.07) is 0. The molecule has 0 aromatic heterocycles. The first-order valence-corrected chi connectivity index (χ1v) is 8.31. The van der Waals surface area contributed by atoms with Crippen LogP contribution in [0.3, 0.4) is 0 Å². The van der Waals surface area contributed by atoms with Crippen molar-refractivity contribution in [3.8, 4) is 0 Å². The maximum absolute atomic E-state index is 5.42. The fourth-order valence-corrected chi connectivity index (χ4v) is 3.58. The van der Waals surface area contributed by atoms with Crippen molar-refractivity contribution in [3.63, 3.8) is 0 Å². The van der Waals surface area contributed by atoms with Gasteiger partial charge in [0.2, 0.25) is 0 Å². The minimum absolute atomic E-state index is 0.103. The smallest absolute Gasteiger partial charge is 0.257 e. The molecule has 1 heterocycles. The van der Waals surface area contributed by atoms with E-state index in [1.54, 1.807) is 0 Å². The van der Waals surface area contributed by atoms with Crippen molar-refractivity contribution in [2.75, 3.05) is 13.2 Å². The average Bonchev–Trinajstić information content (AvgIpc) is 1.97. The topological polar surface area (TPSA) is 18.5 Å². The van der Waals surface area contributed by atoms with Gasteiger partial charge in [-0.05, 0) is 22.2 Å². The Morgan fingerprint density at radius 3 is 2.27 bits per heavy atom. The third-order valence-electron chi connectivity index (χ3n) is 1.33. The molecule has 0 aromatic carbocycles. The van der Waals surface area contributed by atoms with Gasteiger partial charge in [-0.3, -0.25) is 0 Å². The summed E-state index contributed by atoms with van der Waals surface area (Å²) in [5, 5.41) is 0. The Kier molecular flexibility index (Phi) is 3.35. The lowest BCUT2D eigenvalue weighted by atomic mass is 9.97. The zero-order valence-corrected chi connectivity index (χ0v) is 9.86. The predicted octanol–water partition coefficient (Wildman–Crippen LogP) is 2.86. The Balaban J connectivity index is 2.55. The van der Waals surface area contributed by atoms with Crippen molar-refractivity contribution < 1.29 is 9.05 Å². The molecule has 1 aliphatic rings. The van der Waals surface area contributed by atoms with E-state index in [0.717, 1.165) is 0 Å².